The summed E-state index contributed by atoms with van der Waals surface area (Å²) in [7, 11) is -1.76. The summed E-state index contributed by atoms with van der Waals surface area (Å²) in [5.74, 6) is 0.802. The van der Waals surface area contributed by atoms with E-state index in [9.17, 15) is 13.2 Å². The maximum atomic E-state index is 13.2. The number of methoxy groups -OCH3 is 1. The van der Waals surface area contributed by atoms with Gasteiger partial charge in [-0.25, -0.2) is 8.42 Å². The molecule has 154 valence electrons. The van der Waals surface area contributed by atoms with Crippen molar-refractivity contribution in [2.45, 2.75) is 24.6 Å². The van der Waals surface area contributed by atoms with Crippen molar-refractivity contribution < 1.29 is 17.9 Å². The van der Waals surface area contributed by atoms with Crippen molar-refractivity contribution in [3.05, 3.63) is 65.7 Å². The molecule has 2 aliphatic heterocycles. The highest BCUT2D eigenvalue weighted by atomic mass is 32.2. The summed E-state index contributed by atoms with van der Waals surface area (Å²) >= 11 is 0. The molecule has 0 aliphatic carbocycles. The Balaban J connectivity index is 1.44. The molecule has 1 amide bonds. The number of amides is 1. The maximum absolute atomic E-state index is 13.2. The summed E-state index contributed by atoms with van der Waals surface area (Å²) in [5, 5.41) is -0.408. The van der Waals surface area contributed by atoms with Gasteiger partial charge in [0.25, 0.3) is 5.91 Å². The predicted octanol–water partition coefficient (Wildman–Crippen LogP) is 2.76. The highest BCUT2D eigenvalue weighted by molar-refractivity contribution is 7.90. The third-order valence-corrected chi connectivity index (χ3v) is 8.37. The van der Waals surface area contributed by atoms with Gasteiger partial charge in [0, 0.05) is 31.7 Å². The fourth-order valence-corrected chi connectivity index (χ4v) is 6.57. The van der Waals surface area contributed by atoms with Crippen LogP contribution in [0.5, 0.6) is 5.75 Å². The Morgan fingerprint density at radius 1 is 1.03 bits per heavy atom. The number of hydrogen-bond donors (Lipinski definition) is 0. The number of likely N-dealkylation sites (tertiary alicyclic amines) is 1. The lowest BCUT2D eigenvalue weighted by Gasteiger charge is -2.22. The third-order valence-electron chi connectivity index (χ3n) is 5.99. The Hall–Kier alpha value is -2.38. The van der Waals surface area contributed by atoms with Gasteiger partial charge in [0.15, 0.2) is 0 Å². The smallest absolute Gasteiger partial charge is 0.253 e. The molecule has 2 atom stereocenters. The number of nitrogens with zero attached hydrogens (tertiary/aromatic N) is 2. The van der Waals surface area contributed by atoms with Gasteiger partial charge in [-0.05, 0) is 48.6 Å². The quantitative estimate of drug-likeness (QED) is 0.772. The lowest BCUT2D eigenvalue weighted by Crippen LogP contribution is -2.34. The Labute approximate surface area is 172 Å². The normalized spacial score (nSPS) is 24.0. The van der Waals surface area contributed by atoms with Crippen molar-refractivity contribution in [2.24, 2.45) is 5.92 Å². The van der Waals surface area contributed by atoms with Crippen molar-refractivity contribution in [1.29, 1.82) is 0 Å². The van der Waals surface area contributed by atoms with Crippen molar-refractivity contribution in [3.63, 3.8) is 0 Å². The third kappa shape index (κ3) is 4.02. The highest BCUT2D eigenvalue weighted by Crippen LogP contribution is 2.35. The van der Waals surface area contributed by atoms with Gasteiger partial charge >= 0.3 is 0 Å². The summed E-state index contributed by atoms with van der Waals surface area (Å²) in [6.45, 7) is 1.98. The van der Waals surface area contributed by atoms with Gasteiger partial charge in [-0.1, -0.05) is 30.3 Å². The zero-order chi connectivity index (χ0) is 20.4. The molecule has 2 heterocycles. The van der Waals surface area contributed by atoms with Crippen LogP contribution in [-0.2, 0) is 16.6 Å². The van der Waals surface area contributed by atoms with Crippen molar-refractivity contribution >= 4 is 15.9 Å². The number of carbonyl (C=O) groups is 1. The first-order valence-corrected chi connectivity index (χ1v) is 11.5. The Bertz CT molecular complexity index is 960. The summed E-state index contributed by atoms with van der Waals surface area (Å²) in [6, 6.07) is 16.7. The minimum absolute atomic E-state index is 0.0157. The molecule has 29 heavy (non-hydrogen) atoms. The first-order valence-electron chi connectivity index (χ1n) is 9.95. The number of benzene rings is 2. The Morgan fingerprint density at radius 2 is 1.72 bits per heavy atom. The molecule has 0 saturated carbocycles. The monoisotopic (exact) mass is 414 g/mol. The molecule has 0 spiro atoms. The predicted molar refractivity (Wildman–Crippen MR) is 111 cm³/mol. The first-order chi connectivity index (χ1) is 14.0. The van der Waals surface area contributed by atoms with Gasteiger partial charge in [-0.3, -0.25) is 4.79 Å². The van der Waals surface area contributed by atoms with E-state index in [0.29, 0.717) is 44.6 Å². The Kier molecular flexibility index (Phi) is 5.61. The molecule has 0 bridgehead atoms. The van der Waals surface area contributed by atoms with E-state index < -0.39 is 15.3 Å². The average molecular weight is 415 g/mol. The summed E-state index contributed by atoms with van der Waals surface area (Å²) in [5.41, 5.74) is 1.61. The lowest BCUT2D eigenvalue weighted by atomic mass is 10.0. The standard InChI is InChI=1S/C22H26N2O4S/c1-28-20-9-7-17(8-10-20)15-24-16-19-11-13-23(14-12-21(19)29(24,26)27)22(25)18-5-3-2-4-6-18/h2-10,19,21H,11-16H2,1H3/t19-,21-/m1/s1. The van der Waals surface area contributed by atoms with Crippen LogP contribution in [0, 0.1) is 5.92 Å². The van der Waals surface area contributed by atoms with E-state index in [2.05, 4.69) is 0 Å². The van der Waals surface area contributed by atoms with Crippen LogP contribution in [0.2, 0.25) is 0 Å². The van der Waals surface area contributed by atoms with Crippen LogP contribution in [0.3, 0.4) is 0 Å². The number of ether oxygens (including phenoxy) is 1. The zero-order valence-electron chi connectivity index (χ0n) is 16.5. The first kappa shape index (κ1) is 19.9. The molecule has 0 unspecified atom stereocenters. The van der Waals surface area contributed by atoms with Crippen molar-refractivity contribution in [3.8, 4) is 5.75 Å². The molecule has 2 aromatic rings. The molecule has 2 fully saturated rings. The molecule has 2 aromatic carbocycles. The van der Waals surface area contributed by atoms with E-state index in [0.717, 1.165) is 11.3 Å². The highest BCUT2D eigenvalue weighted by Gasteiger charge is 2.47. The minimum Gasteiger partial charge on any atom is -0.497 e. The second-order valence-corrected chi connectivity index (χ2v) is 9.87. The van der Waals surface area contributed by atoms with Crippen LogP contribution in [0.1, 0.15) is 28.8 Å². The molecule has 0 aromatic heterocycles. The van der Waals surface area contributed by atoms with Gasteiger partial charge in [0.2, 0.25) is 10.0 Å². The molecule has 6 nitrogen and oxygen atoms in total. The van der Waals surface area contributed by atoms with Crippen molar-refractivity contribution in [1.82, 2.24) is 9.21 Å². The van der Waals surface area contributed by atoms with Crippen LogP contribution in [0.25, 0.3) is 0 Å². The van der Waals surface area contributed by atoms with E-state index in [1.165, 1.54) is 0 Å². The fourth-order valence-electron chi connectivity index (χ4n) is 4.35. The maximum Gasteiger partial charge on any atom is 0.253 e. The summed E-state index contributed by atoms with van der Waals surface area (Å²) < 4.78 is 33.1. The summed E-state index contributed by atoms with van der Waals surface area (Å²) in [6.07, 6.45) is 1.20. The number of rotatable bonds is 4. The van der Waals surface area contributed by atoms with Gasteiger partial charge in [0.05, 0.1) is 12.4 Å². The lowest BCUT2D eigenvalue weighted by molar-refractivity contribution is 0.0759. The van der Waals surface area contributed by atoms with Gasteiger partial charge in [0.1, 0.15) is 5.75 Å². The van der Waals surface area contributed by atoms with Gasteiger partial charge in [-0.2, -0.15) is 4.31 Å². The number of sulfonamides is 1. The molecule has 4 rings (SSSR count). The second-order valence-electron chi connectivity index (χ2n) is 7.72. The summed E-state index contributed by atoms with van der Waals surface area (Å²) in [4.78, 5) is 14.5. The van der Waals surface area contributed by atoms with E-state index in [1.807, 2.05) is 42.5 Å². The largest absolute Gasteiger partial charge is 0.497 e. The average Bonchev–Trinajstić information content (AvgIpc) is 2.88. The van der Waals surface area contributed by atoms with Gasteiger partial charge < -0.3 is 9.64 Å². The van der Waals surface area contributed by atoms with Crippen LogP contribution in [0.15, 0.2) is 54.6 Å². The minimum atomic E-state index is -3.37. The molecular formula is C22H26N2O4S. The topological polar surface area (TPSA) is 66.9 Å². The van der Waals surface area contributed by atoms with Crippen LogP contribution in [-0.4, -0.2) is 55.5 Å². The van der Waals surface area contributed by atoms with E-state index in [1.54, 1.807) is 28.4 Å². The van der Waals surface area contributed by atoms with Crippen LogP contribution in [0.4, 0.5) is 0 Å². The molecule has 0 radical (unpaired) electrons. The van der Waals surface area contributed by atoms with E-state index >= 15 is 0 Å². The SMILES string of the molecule is COc1ccc(CN2C[C@H]3CCN(C(=O)c4ccccc4)CC[C@H]3S2(=O)=O)cc1. The second kappa shape index (κ2) is 8.16. The number of hydrogen-bond acceptors (Lipinski definition) is 4. The van der Waals surface area contributed by atoms with Crippen molar-refractivity contribution in [2.75, 3.05) is 26.7 Å². The van der Waals surface area contributed by atoms with E-state index in [4.69, 9.17) is 4.74 Å². The van der Waals surface area contributed by atoms with Gasteiger partial charge in [-0.15, -0.1) is 0 Å². The molecule has 7 heteroatoms. The molecular weight excluding hydrogens is 388 g/mol. The van der Waals surface area contributed by atoms with Crippen LogP contribution >= 0.6 is 0 Å². The zero-order valence-corrected chi connectivity index (χ0v) is 17.3. The fraction of sp³-hybridized carbons (Fsp3) is 0.409. The number of fused-ring (bicyclic) bond motifs is 1. The van der Waals surface area contributed by atoms with Crippen LogP contribution < -0.4 is 4.74 Å². The Morgan fingerprint density at radius 3 is 2.41 bits per heavy atom. The molecule has 2 saturated heterocycles. The number of carbonyl (C=O) groups excluding carboxylic acids is 1. The molecule has 2 aliphatic rings. The van der Waals surface area contributed by atoms with E-state index in [-0.39, 0.29) is 11.8 Å². The molecule has 0 N–H and O–H groups in total.